The second kappa shape index (κ2) is 3.44. The van der Waals surface area contributed by atoms with Crippen molar-refractivity contribution in [1.29, 1.82) is 0 Å². The summed E-state index contributed by atoms with van der Waals surface area (Å²) in [5.41, 5.74) is 1.04. The lowest BCUT2D eigenvalue weighted by atomic mass is 10.2. The first-order valence-corrected chi connectivity index (χ1v) is 3.52. The Morgan fingerprint density at radius 2 is 2.45 bits per heavy atom. The molecule has 4 heteroatoms. The first kappa shape index (κ1) is 8.14. The van der Waals surface area contributed by atoms with E-state index in [1.807, 2.05) is 0 Å². The molecule has 0 aliphatic carbocycles. The quantitative estimate of drug-likeness (QED) is 0.507. The smallest absolute Gasteiger partial charge is 0.341 e. The molecule has 60 valence electrons. The molecule has 0 aliphatic heterocycles. The van der Waals surface area contributed by atoms with Crippen LogP contribution in [0.15, 0.2) is 16.9 Å². The predicted molar refractivity (Wildman–Crippen MR) is 39.6 cm³/mol. The average Bonchev–Trinajstić information content (AvgIpc) is 2.50. The van der Waals surface area contributed by atoms with Crippen molar-refractivity contribution < 1.29 is 13.9 Å². The van der Waals surface area contributed by atoms with E-state index in [1.54, 1.807) is 0 Å². The SMILES string of the molecule is COC(=O)c1cocc1CCl. The Bertz CT molecular complexity index is 254. The monoisotopic (exact) mass is 174 g/mol. The number of carbonyl (C=O) groups excluding carboxylic acids is 1. The summed E-state index contributed by atoms with van der Waals surface area (Å²) >= 11 is 5.51. The van der Waals surface area contributed by atoms with Crippen molar-refractivity contribution in [3.8, 4) is 0 Å². The van der Waals surface area contributed by atoms with Crippen LogP contribution >= 0.6 is 11.6 Å². The zero-order valence-electron chi connectivity index (χ0n) is 5.96. The molecule has 1 aromatic rings. The molecule has 1 heterocycles. The number of hydrogen-bond acceptors (Lipinski definition) is 3. The highest BCUT2D eigenvalue weighted by Gasteiger charge is 2.12. The van der Waals surface area contributed by atoms with Crippen molar-refractivity contribution in [3.63, 3.8) is 0 Å². The summed E-state index contributed by atoms with van der Waals surface area (Å²) in [5.74, 6) is -0.171. The van der Waals surface area contributed by atoms with E-state index in [4.69, 9.17) is 16.0 Å². The minimum absolute atomic E-state index is 0.251. The van der Waals surface area contributed by atoms with Gasteiger partial charge in [0.25, 0.3) is 0 Å². The van der Waals surface area contributed by atoms with Crippen molar-refractivity contribution >= 4 is 17.6 Å². The largest absolute Gasteiger partial charge is 0.471 e. The maximum Gasteiger partial charge on any atom is 0.341 e. The zero-order valence-corrected chi connectivity index (χ0v) is 6.72. The van der Waals surface area contributed by atoms with Gasteiger partial charge >= 0.3 is 5.97 Å². The second-order valence-corrected chi connectivity index (χ2v) is 2.20. The number of hydrogen-bond donors (Lipinski definition) is 0. The van der Waals surface area contributed by atoms with Gasteiger partial charge in [-0.2, -0.15) is 0 Å². The normalized spacial score (nSPS) is 9.64. The first-order valence-electron chi connectivity index (χ1n) is 2.99. The molecule has 0 bridgehead atoms. The number of methoxy groups -OCH3 is 1. The molecule has 0 amide bonds. The van der Waals surface area contributed by atoms with Gasteiger partial charge in [-0.25, -0.2) is 4.79 Å². The fraction of sp³-hybridized carbons (Fsp3) is 0.286. The molecular weight excluding hydrogens is 168 g/mol. The summed E-state index contributed by atoms with van der Waals surface area (Å²) in [6.07, 6.45) is 2.75. The molecule has 0 radical (unpaired) electrons. The molecule has 1 rings (SSSR count). The fourth-order valence-corrected chi connectivity index (χ4v) is 0.923. The third-order valence-corrected chi connectivity index (χ3v) is 1.58. The van der Waals surface area contributed by atoms with Crippen LogP contribution in [0.25, 0.3) is 0 Å². The van der Waals surface area contributed by atoms with Gasteiger partial charge in [-0.05, 0) is 0 Å². The van der Waals surface area contributed by atoms with Gasteiger partial charge in [0.2, 0.25) is 0 Å². The summed E-state index contributed by atoms with van der Waals surface area (Å²) in [6.45, 7) is 0. The molecule has 0 saturated heterocycles. The second-order valence-electron chi connectivity index (χ2n) is 1.94. The van der Waals surface area contributed by atoms with Crippen LogP contribution in [0, 0.1) is 0 Å². The van der Waals surface area contributed by atoms with Crippen LogP contribution in [0.1, 0.15) is 15.9 Å². The van der Waals surface area contributed by atoms with Gasteiger partial charge in [0.15, 0.2) is 0 Å². The Balaban J connectivity index is 2.92. The van der Waals surface area contributed by atoms with Gasteiger partial charge in [0, 0.05) is 5.56 Å². The van der Waals surface area contributed by atoms with Crippen molar-refractivity contribution in [2.45, 2.75) is 5.88 Å². The summed E-state index contributed by atoms with van der Waals surface area (Å²) in [7, 11) is 1.31. The van der Waals surface area contributed by atoms with Crippen molar-refractivity contribution in [2.75, 3.05) is 7.11 Å². The first-order chi connectivity index (χ1) is 5.29. The number of halogens is 1. The molecule has 0 N–H and O–H groups in total. The number of ether oxygens (including phenoxy) is 1. The van der Waals surface area contributed by atoms with Crippen molar-refractivity contribution in [3.05, 3.63) is 23.7 Å². The molecule has 0 spiro atoms. The van der Waals surface area contributed by atoms with E-state index >= 15 is 0 Å². The van der Waals surface area contributed by atoms with Crippen LogP contribution < -0.4 is 0 Å². The Kier molecular flexibility index (Phi) is 2.54. The van der Waals surface area contributed by atoms with Crippen LogP contribution in [-0.4, -0.2) is 13.1 Å². The van der Waals surface area contributed by atoms with E-state index in [-0.39, 0.29) is 5.88 Å². The number of alkyl halides is 1. The summed E-state index contributed by atoms with van der Waals surface area (Å²) in [6, 6.07) is 0. The highest BCUT2D eigenvalue weighted by atomic mass is 35.5. The zero-order chi connectivity index (χ0) is 8.27. The molecule has 0 unspecified atom stereocenters. The lowest BCUT2D eigenvalue weighted by Gasteiger charge is -1.95. The van der Waals surface area contributed by atoms with Gasteiger partial charge in [0.1, 0.15) is 11.8 Å². The van der Waals surface area contributed by atoms with E-state index in [1.165, 1.54) is 19.6 Å². The third-order valence-electron chi connectivity index (χ3n) is 1.29. The number of esters is 1. The number of furan rings is 1. The van der Waals surface area contributed by atoms with Crippen LogP contribution in [-0.2, 0) is 10.6 Å². The lowest BCUT2D eigenvalue weighted by Crippen LogP contribution is -2.01. The van der Waals surface area contributed by atoms with Crippen LogP contribution in [0.2, 0.25) is 0 Å². The van der Waals surface area contributed by atoms with E-state index in [9.17, 15) is 4.79 Å². The number of carbonyl (C=O) groups is 1. The molecule has 0 fully saturated rings. The highest BCUT2D eigenvalue weighted by Crippen LogP contribution is 2.13. The Hall–Kier alpha value is -0.960. The highest BCUT2D eigenvalue weighted by molar-refractivity contribution is 6.17. The Labute approximate surface area is 68.9 Å². The van der Waals surface area contributed by atoms with E-state index < -0.39 is 5.97 Å². The minimum Gasteiger partial charge on any atom is -0.471 e. The van der Waals surface area contributed by atoms with Crippen molar-refractivity contribution in [1.82, 2.24) is 0 Å². The van der Waals surface area contributed by atoms with Crippen molar-refractivity contribution in [2.24, 2.45) is 0 Å². The van der Waals surface area contributed by atoms with Crippen LogP contribution in [0.4, 0.5) is 0 Å². The van der Waals surface area contributed by atoms with Gasteiger partial charge in [-0.15, -0.1) is 11.6 Å². The average molecular weight is 175 g/mol. The maximum absolute atomic E-state index is 10.9. The van der Waals surface area contributed by atoms with E-state index in [0.29, 0.717) is 11.1 Å². The summed E-state index contributed by atoms with van der Waals surface area (Å²) in [4.78, 5) is 10.9. The van der Waals surface area contributed by atoms with Gasteiger partial charge in [0.05, 0.1) is 19.3 Å². The predicted octanol–water partition coefficient (Wildman–Crippen LogP) is 1.80. The van der Waals surface area contributed by atoms with Crippen LogP contribution in [0.5, 0.6) is 0 Å². The molecule has 3 nitrogen and oxygen atoms in total. The van der Waals surface area contributed by atoms with E-state index in [2.05, 4.69) is 4.74 Å². The van der Waals surface area contributed by atoms with Gasteiger partial charge in [-0.1, -0.05) is 0 Å². The summed E-state index contributed by atoms with van der Waals surface area (Å²) in [5, 5.41) is 0. The molecular formula is C7H7ClO3. The number of rotatable bonds is 2. The topological polar surface area (TPSA) is 39.4 Å². The molecule has 11 heavy (non-hydrogen) atoms. The molecule has 0 aromatic carbocycles. The Morgan fingerprint density at radius 3 is 3.00 bits per heavy atom. The van der Waals surface area contributed by atoms with E-state index in [0.717, 1.165) is 0 Å². The molecule has 1 aromatic heterocycles. The molecule has 0 saturated carbocycles. The fourth-order valence-electron chi connectivity index (χ4n) is 0.716. The maximum atomic E-state index is 10.9. The third kappa shape index (κ3) is 1.54. The van der Waals surface area contributed by atoms with Crippen LogP contribution in [0.3, 0.4) is 0 Å². The summed E-state index contributed by atoms with van der Waals surface area (Å²) < 4.78 is 9.25. The molecule has 0 atom stereocenters. The Morgan fingerprint density at radius 1 is 1.73 bits per heavy atom. The lowest BCUT2D eigenvalue weighted by molar-refractivity contribution is 0.0599. The standard InChI is InChI=1S/C7H7ClO3/c1-10-7(9)6-4-11-3-5(6)2-8/h3-4H,2H2,1H3. The molecule has 0 aliphatic rings. The van der Waals surface area contributed by atoms with Gasteiger partial charge in [-0.3, -0.25) is 0 Å². The van der Waals surface area contributed by atoms with Gasteiger partial charge < -0.3 is 9.15 Å². The minimum atomic E-state index is -0.422.